The Morgan fingerprint density at radius 2 is 1.75 bits per heavy atom. The molecule has 0 radical (unpaired) electrons. The van der Waals surface area contributed by atoms with Gasteiger partial charge >= 0.3 is 12.1 Å². The maximum atomic E-state index is 10.6. The van der Waals surface area contributed by atoms with Crippen molar-refractivity contribution in [3.63, 3.8) is 0 Å². The first kappa shape index (κ1) is 17.6. The number of hydrogen-bond donors (Lipinski definition) is 3. The van der Waals surface area contributed by atoms with E-state index in [4.69, 9.17) is 20.7 Å². The summed E-state index contributed by atoms with van der Waals surface area (Å²) in [6, 6.07) is 0. The van der Waals surface area contributed by atoms with Crippen LogP contribution in [0.2, 0.25) is 0 Å². The summed E-state index contributed by atoms with van der Waals surface area (Å²) in [6.45, 7) is 4.79. The smallest absolute Gasteiger partial charge is 0.475 e. The number of carboxylic acid groups (broad SMARTS) is 1. The molecule has 0 rings (SSSR count). The number of aliphatic hydroxyl groups excluding tert-OH is 1. The minimum atomic E-state index is -5.08. The third kappa shape index (κ3) is 13.2. The highest BCUT2D eigenvalue weighted by atomic mass is 19.4. The van der Waals surface area contributed by atoms with Crippen molar-refractivity contribution in [2.75, 3.05) is 6.54 Å². The molecular weight excluding hydrogens is 227 g/mol. The molecule has 0 amide bonds. The van der Waals surface area contributed by atoms with Crippen LogP contribution in [-0.4, -0.2) is 35.0 Å². The number of nitrogens with two attached hydrogens (primary N) is 1. The van der Waals surface area contributed by atoms with Crippen molar-refractivity contribution in [2.24, 2.45) is 11.7 Å². The third-order valence-corrected chi connectivity index (χ3v) is 1.49. The summed E-state index contributed by atoms with van der Waals surface area (Å²) in [6.07, 6.45) is -3.66. The number of halogens is 3. The van der Waals surface area contributed by atoms with Crippen LogP contribution in [0.25, 0.3) is 0 Å². The van der Waals surface area contributed by atoms with Gasteiger partial charge in [0.1, 0.15) is 0 Å². The molecule has 0 aliphatic carbocycles. The topological polar surface area (TPSA) is 83.5 Å². The molecule has 0 fully saturated rings. The monoisotopic (exact) mass is 245 g/mol. The molecule has 0 aromatic heterocycles. The fourth-order valence-corrected chi connectivity index (χ4v) is 0.854. The summed E-state index contributed by atoms with van der Waals surface area (Å²) in [5, 5.41) is 16.3. The van der Waals surface area contributed by atoms with Crippen LogP contribution in [-0.2, 0) is 4.79 Å². The van der Waals surface area contributed by atoms with Gasteiger partial charge in [0.05, 0.1) is 6.10 Å². The van der Waals surface area contributed by atoms with Gasteiger partial charge in [-0.3, -0.25) is 0 Å². The highest BCUT2D eigenvalue weighted by molar-refractivity contribution is 5.73. The maximum absolute atomic E-state index is 10.6. The average molecular weight is 245 g/mol. The normalized spacial score (nSPS) is 13.0. The highest BCUT2D eigenvalue weighted by Crippen LogP contribution is 2.13. The Labute approximate surface area is 92.3 Å². The molecule has 0 bridgehead atoms. The number of carboxylic acids is 1. The average Bonchev–Trinajstić information content (AvgIpc) is 2.01. The number of hydrogen-bond acceptors (Lipinski definition) is 3. The summed E-state index contributed by atoms with van der Waals surface area (Å²) in [7, 11) is 0. The molecule has 4 nitrogen and oxygen atoms in total. The van der Waals surface area contributed by atoms with Crippen LogP contribution in [0.15, 0.2) is 0 Å². The predicted octanol–water partition coefficient (Wildman–Crippen LogP) is 1.38. The van der Waals surface area contributed by atoms with E-state index in [9.17, 15) is 13.2 Å². The van der Waals surface area contributed by atoms with Gasteiger partial charge in [0, 0.05) is 0 Å². The van der Waals surface area contributed by atoms with Crippen LogP contribution in [0.5, 0.6) is 0 Å². The number of carbonyl (C=O) groups is 1. The van der Waals surface area contributed by atoms with Crippen molar-refractivity contribution in [1.82, 2.24) is 0 Å². The standard InChI is InChI=1S/C7H17NO.C2HF3O2/c1-6(2)5-7(9)3-4-8;3-2(4,5)1(6)7/h6-7,9H,3-5,8H2,1-2H3;(H,6,7). The first-order valence-corrected chi connectivity index (χ1v) is 4.79. The first-order chi connectivity index (χ1) is 7.11. The fraction of sp³-hybridized carbons (Fsp3) is 0.889. The van der Waals surface area contributed by atoms with E-state index in [1.54, 1.807) is 0 Å². The quantitative estimate of drug-likeness (QED) is 0.698. The van der Waals surface area contributed by atoms with Gasteiger partial charge in [-0.05, 0) is 25.3 Å². The van der Waals surface area contributed by atoms with E-state index in [-0.39, 0.29) is 6.10 Å². The Kier molecular flexibility index (Phi) is 9.17. The fourth-order valence-electron chi connectivity index (χ4n) is 0.854. The van der Waals surface area contributed by atoms with Gasteiger partial charge in [0.25, 0.3) is 0 Å². The lowest BCUT2D eigenvalue weighted by molar-refractivity contribution is -0.192. The van der Waals surface area contributed by atoms with Crippen LogP contribution in [0.3, 0.4) is 0 Å². The molecule has 0 aromatic carbocycles. The molecule has 0 heterocycles. The lowest BCUT2D eigenvalue weighted by atomic mass is 10.0. The second-order valence-corrected chi connectivity index (χ2v) is 3.66. The van der Waals surface area contributed by atoms with E-state index >= 15 is 0 Å². The third-order valence-electron chi connectivity index (χ3n) is 1.49. The molecule has 0 saturated heterocycles. The van der Waals surface area contributed by atoms with Gasteiger partial charge in [-0.2, -0.15) is 13.2 Å². The molecule has 16 heavy (non-hydrogen) atoms. The van der Waals surface area contributed by atoms with Crippen LogP contribution >= 0.6 is 0 Å². The molecule has 7 heteroatoms. The molecule has 98 valence electrons. The summed E-state index contributed by atoms with van der Waals surface area (Å²) in [5.41, 5.74) is 5.25. The second kappa shape index (κ2) is 8.35. The van der Waals surface area contributed by atoms with E-state index in [2.05, 4.69) is 13.8 Å². The molecular formula is C9H18F3NO3. The van der Waals surface area contributed by atoms with E-state index in [0.29, 0.717) is 12.5 Å². The van der Waals surface area contributed by atoms with Gasteiger partial charge in [-0.15, -0.1) is 0 Å². The Bertz CT molecular complexity index is 195. The highest BCUT2D eigenvalue weighted by Gasteiger charge is 2.38. The zero-order valence-electron chi connectivity index (χ0n) is 9.29. The van der Waals surface area contributed by atoms with Gasteiger partial charge in [0.2, 0.25) is 0 Å². The molecule has 0 spiro atoms. The Morgan fingerprint density at radius 3 is 1.94 bits per heavy atom. The van der Waals surface area contributed by atoms with Gasteiger partial charge in [-0.1, -0.05) is 13.8 Å². The lowest BCUT2D eigenvalue weighted by Gasteiger charge is -2.10. The molecule has 1 unspecified atom stereocenters. The number of alkyl halides is 3. The van der Waals surface area contributed by atoms with Crippen LogP contribution in [0, 0.1) is 5.92 Å². The number of aliphatic hydroxyl groups is 1. The Balaban J connectivity index is 0. The van der Waals surface area contributed by atoms with Crippen LogP contribution in [0.1, 0.15) is 26.7 Å². The van der Waals surface area contributed by atoms with Crippen molar-refractivity contribution < 1.29 is 28.2 Å². The van der Waals surface area contributed by atoms with E-state index < -0.39 is 12.1 Å². The first-order valence-electron chi connectivity index (χ1n) is 4.79. The number of aliphatic carboxylic acids is 1. The van der Waals surface area contributed by atoms with Crippen molar-refractivity contribution in [3.8, 4) is 0 Å². The Hall–Kier alpha value is -0.820. The van der Waals surface area contributed by atoms with Crippen molar-refractivity contribution in [1.29, 1.82) is 0 Å². The minimum absolute atomic E-state index is 0.185. The van der Waals surface area contributed by atoms with Crippen molar-refractivity contribution in [3.05, 3.63) is 0 Å². The van der Waals surface area contributed by atoms with Gasteiger partial charge < -0.3 is 15.9 Å². The summed E-state index contributed by atoms with van der Waals surface area (Å²) >= 11 is 0. The molecule has 0 saturated carbocycles. The van der Waals surface area contributed by atoms with Crippen LogP contribution < -0.4 is 5.73 Å². The maximum Gasteiger partial charge on any atom is 0.490 e. The van der Waals surface area contributed by atoms with Crippen molar-refractivity contribution >= 4 is 5.97 Å². The molecule has 0 aliphatic heterocycles. The molecule has 1 atom stereocenters. The zero-order chi connectivity index (χ0) is 13.4. The number of rotatable bonds is 4. The zero-order valence-corrected chi connectivity index (χ0v) is 9.29. The molecule has 4 N–H and O–H groups in total. The predicted molar refractivity (Wildman–Crippen MR) is 52.8 cm³/mol. The van der Waals surface area contributed by atoms with Crippen LogP contribution in [0.4, 0.5) is 13.2 Å². The van der Waals surface area contributed by atoms with Gasteiger partial charge in [0.15, 0.2) is 0 Å². The summed E-state index contributed by atoms with van der Waals surface area (Å²) in [5.74, 6) is -2.18. The van der Waals surface area contributed by atoms with E-state index in [1.807, 2.05) is 0 Å². The SMILES string of the molecule is CC(C)CC(O)CCN.O=C(O)C(F)(F)F. The van der Waals surface area contributed by atoms with E-state index in [1.165, 1.54) is 0 Å². The van der Waals surface area contributed by atoms with Crippen molar-refractivity contribution in [2.45, 2.75) is 39.0 Å². The molecule has 0 aliphatic rings. The summed E-state index contributed by atoms with van der Waals surface area (Å²) < 4.78 is 31.7. The van der Waals surface area contributed by atoms with E-state index in [0.717, 1.165) is 12.8 Å². The summed E-state index contributed by atoms with van der Waals surface area (Å²) in [4.78, 5) is 8.90. The Morgan fingerprint density at radius 1 is 1.38 bits per heavy atom. The minimum Gasteiger partial charge on any atom is -0.475 e. The van der Waals surface area contributed by atoms with Gasteiger partial charge in [-0.25, -0.2) is 4.79 Å². The second-order valence-electron chi connectivity index (χ2n) is 3.66. The molecule has 0 aromatic rings. The lowest BCUT2D eigenvalue weighted by Crippen LogP contribution is -2.21. The largest absolute Gasteiger partial charge is 0.490 e.